The summed E-state index contributed by atoms with van der Waals surface area (Å²) in [6.07, 6.45) is 2.93. The van der Waals surface area contributed by atoms with Gasteiger partial charge in [-0.25, -0.2) is 8.42 Å². The fraction of sp³-hybridized carbons (Fsp3) is 0.625. The molecule has 22 heavy (non-hydrogen) atoms. The number of hydrogen-bond donors (Lipinski definition) is 2. The van der Waals surface area contributed by atoms with Crippen molar-refractivity contribution in [1.29, 1.82) is 0 Å². The molecule has 0 radical (unpaired) electrons. The van der Waals surface area contributed by atoms with Crippen molar-refractivity contribution < 1.29 is 8.42 Å². The molecule has 126 valence electrons. The average Bonchev–Trinajstić information content (AvgIpc) is 2.45. The van der Waals surface area contributed by atoms with Gasteiger partial charge in [-0.05, 0) is 43.0 Å². The van der Waals surface area contributed by atoms with Crippen LogP contribution in [0.15, 0.2) is 29.2 Å². The molecule has 0 fully saturated rings. The largest absolute Gasteiger partial charge is 0.399 e. The summed E-state index contributed by atoms with van der Waals surface area (Å²) >= 11 is 0. The number of benzene rings is 1. The zero-order chi connectivity index (χ0) is 16.8. The van der Waals surface area contributed by atoms with Gasteiger partial charge in [-0.2, -0.15) is 4.31 Å². The molecule has 1 aromatic rings. The Kier molecular flexibility index (Phi) is 6.84. The van der Waals surface area contributed by atoms with Gasteiger partial charge in [0.2, 0.25) is 10.0 Å². The lowest BCUT2D eigenvalue weighted by Crippen LogP contribution is -2.38. The zero-order valence-electron chi connectivity index (χ0n) is 13.9. The molecule has 0 aromatic heterocycles. The topological polar surface area (TPSA) is 89.4 Å². The number of sulfonamides is 1. The smallest absolute Gasteiger partial charge is 0.243 e. The standard InChI is InChI=1S/C16H29N3O2S/c1-4-19(13-16(2,3)10-5-6-11-17)22(20,21)15-9-7-8-14(18)12-15/h7-9,12H,4-6,10-11,13,17-18H2,1-3H3. The van der Waals surface area contributed by atoms with E-state index < -0.39 is 10.0 Å². The lowest BCUT2D eigenvalue weighted by molar-refractivity contribution is 0.242. The number of rotatable bonds is 9. The van der Waals surface area contributed by atoms with Crippen LogP contribution in [0.1, 0.15) is 40.0 Å². The van der Waals surface area contributed by atoms with Gasteiger partial charge in [-0.1, -0.05) is 33.3 Å². The maximum atomic E-state index is 12.8. The Bertz CT molecular complexity index is 571. The van der Waals surface area contributed by atoms with E-state index in [4.69, 9.17) is 11.5 Å². The van der Waals surface area contributed by atoms with Crippen LogP contribution in [0.25, 0.3) is 0 Å². The van der Waals surface area contributed by atoms with E-state index in [0.717, 1.165) is 19.3 Å². The van der Waals surface area contributed by atoms with Crippen molar-refractivity contribution >= 4 is 15.7 Å². The fourth-order valence-electron chi connectivity index (χ4n) is 2.50. The van der Waals surface area contributed by atoms with Gasteiger partial charge in [0.25, 0.3) is 0 Å². The number of hydrogen-bond acceptors (Lipinski definition) is 4. The second-order valence-electron chi connectivity index (χ2n) is 6.41. The molecule has 0 aliphatic heterocycles. The lowest BCUT2D eigenvalue weighted by Gasteiger charge is -2.31. The second kappa shape index (κ2) is 7.94. The quantitative estimate of drug-likeness (QED) is 0.538. The van der Waals surface area contributed by atoms with Crippen molar-refractivity contribution in [3.63, 3.8) is 0 Å². The monoisotopic (exact) mass is 327 g/mol. The van der Waals surface area contributed by atoms with Crippen LogP contribution in [0.2, 0.25) is 0 Å². The first-order chi connectivity index (χ1) is 10.2. The third-order valence-corrected chi connectivity index (χ3v) is 5.68. The molecule has 0 aliphatic carbocycles. The highest BCUT2D eigenvalue weighted by atomic mass is 32.2. The van der Waals surface area contributed by atoms with Crippen LogP contribution in [0.5, 0.6) is 0 Å². The Morgan fingerprint density at radius 3 is 2.45 bits per heavy atom. The van der Waals surface area contributed by atoms with E-state index in [9.17, 15) is 8.42 Å². The van der Waals surface area contributed by atoms with Crippen LogP contribution in [-0.2, 0) is 10.0 Å². The first-order valence-corrected chi connectivity index (χ1v) is 9.23. The number of nitrogens with two attached hydrogens (primary N) is 2. The first-order valence-electron chi connectivity index (χ1n) is 7.78. The third-order valence-electron chi connectivity index (χ3n) is 3.76. The Balaban J connectivity index is 2.90. The van der Waals surface area contributed by atoms with E-state index in [1.54, 1.807) is 18.2 Å². The summed E-state index contributed by atoms with van der Waals surface area (Å²) in [5.74, 6) is 0. The van der Waals surface area contributed by atoms with E-state index >= 15 is 0 Å². The predicted molar refractivity (Wildman–Crippen MR) is 92.0 cm³/mol. The molecule has 0 saturated heterocycles. The SMILES string of the molecule is CCN(CC(C)(C)CCCCN)S(=O)(=O)c1cccc(N)c1. The van der Waals surface area contributed by atoms with Crippen LogP contribution in [-0.4, -0.2) is 32.4 Å². The van der Waals surface area contributed by atoms with Crippen LogP contribution in [0.3, 0.4) is 0 Å². The minimum Gasteiger partial charge on any atom is -0.399 e. The summed E-state index contributed by atoms with van der Waals surface area (Å²) in [7, 11) is -3.51. The van der Waals surface area contributed by atoms with Crippen molar-refractivity contribution in [3.8, 4) is 0 Å². The Hall–Kier alpha value is -1.11. The molecule has 4 N–H and O–H groups in total. The summed E-state index contributed by atoms with van der Waals surface area (Å²) < 4.78 is 27.1. The molecule has 0 saturated carbocycles. The van der Waals surface area contributed by atoms with Gasteiger partial charge in [-0.15, -0.1) is 0 Å². The van der Waals surface area contributed by atoms with Crippen molar-refractivity contribution in [1.82, 2.24) is 4.31 Å². The molecule has 1 aromatic carbocycles. The molecule has 0 spiro atoms. The second-order valence-corrected chi connectivity index (χ2v) is 8.35. The maximum absolute atomic E-state index is 12.8. The maximum Gasteiger partial charge on any atom is 0.243 e. The third kappa shape index (κ3) is 5.26. The summed E-state index contributed by atoms with van der Waals surface area (Å²) in [6.45, 7) is 7.67. The van der Waals surface area contributed by atoms with Crippen molar-refractivity contribution in [2.75, 3.05) is 25.4 Å². The fourth-order valence-corrected chi connectivity index (χ4v) is 4.19. The predicted octanol–water partition coefficient (Wildman–Crippen LogP) is 2.43. The molecular formula is C16H29N3O2S. The molecule has 5 nitrogen and oxygen atoms in total. The van der Waals surface area contributed by atoms with E-state index in [1.807, 2.05) is 6.92 Å². The van der Waals surface area contributed by atoms with Crippen molar-refractivity contribution in [3.05, 3.63) is 24.3 Å². The molecule has 0 unspecified atom stereocenters. The number of nitrogen functional groups attached to an aromatic ring is 1. The molecule has 0 amide bonds. The highest BCUT2D eigenvalue weighted by Gasteiger charge is 2.29. The van der Waals surface area contributed by atoms with Crippen LogP contribution >= 0.6 is 0 Å². The molecule has 1 rings (SSSR count). The van der Waals surface area contributed by atoms with E-state index in [1.165, 1.54) is 10.4 Å². The minimum atomic E-state index is -3.51. The summed E-state index contributed by atoms with van der Waals surface area (Å²) in [5, 5.41) is 0. The van der Waals surface area contributed by atoms with Gasteiger partial charge in [0.15, 0.2) is 0 Å². The molecule has 0 bridgehead atoms. The zero-order valence-corrected chi connectivity index (χ0v) is 14.7. The summed E-state index contributed by atoms with van der Waals surface area (Å²) in [5.41, 5.74) is 11.6. The van der Waals surface area contributed by atoms with Gasteiger partial charge >= 0.3 is 0 Å². The van der Waals surface area contributed by atoms with Gasteiger partial charge in [0.1, 0.15) is 0 Å². The molecule has 6 heteroatoms. The number of unbranched alkanes of at least 4 members (excludes halogenated alkanes) is 1. The van der Waals surface area contributed by atoms with Crippen LogP contribution in [0, 0.1) is 5.41 Å². The average molecular weight is 327 g/mol. The normalized spacial score (nSPS) is 12.8. The van der Waals surface area contributed by atoms with E-state index in [2.05, 4.69) is 13.8 Å². The highest BCUT2D eigenvalue weighted by molar-refractivity contribution is 7.89. The summed E-state index contributed by atoms with van der Waals surface area (Å²) in [4.78, 5) is 0.257. The van der Waals surface area contributed by atoms with Gasteiger partial charge < -0.3 is 11.5 Å². The Labute approximate surface area is 134 Å². The molecule has 0 aliphatic rings. The lowest BCUT2D eigenvalue weighted by atomic mass is 9.87. The number of nitrogens with zero attached hydrogens (tertiary/aromatic N) is 1. The molecular weight excluding hydrogens is 298 g/mol. The molecule has 0 heterocycles. The van der Waals surface area contributed by atoms with Crippen molar-refractivity contribution in [2.24, 2.45) is 11.1 Å². The Morgan fingerprint density at radius 1 is 1.23 bits per heavy atom. The first kappa shape index (κ1) is 18.9. The van der Waals surface area contributed by atoms with Gasteiger partial charge in [0, 0.05) is 18.8 Å². The minimum absolute atomic E-state index is 0.0847. The molecule has 0 atom stereocenters. The van der Waals surface area contributed by atoms with Gasteiger partial charge in [-0.3, -0.25) is 0 Å². The van der Waals surface area contributed by atoms with E-state index in [0.29, 0.717) is 25.3 Å². The summed E-state index contributed by atoms with van der Waals surface area (Å²) in [6, 6.07) is 6.46. The van der Waals surface area contributed by atoms with Crippen LogP contribution < -0.4 is 11.5 Å². The number of anilines is 1. The Morgan fingerprint density at radius 2 is 1.91 bits per heavy atom. The van der Waals surface area contributed by atoms with E-state index in [-0.39, 0.29) is 10.3 Å². The van der Waals surface area contributed by atoms with Gasteiger partial charge in [0.05, 0.1) is 4.90 Å². The van der Waals surface area contributed by atoms with Crippen molar-refractivity contribution in [2.45, 2.75) is 44.9 Å². The van der Waals surface area contributed by atoms with Crippen LogP contribution in [0.4, 0.5) is 5.69 Å². The highest BCUT2D eigenvalue weighted by Crippen LogP contribution is 2.28.